The summed E-state index contributed by atoms with van der Waals surface area (Å²) < 4.78 is 1.65. The van der Waals surface area contributed by atoms with E-state index in [1.54, 1.807) is 41.1 Å². The number of aromatic nitrogens is 1. The Kier molecular flexibility index (Phi) is 3.61. The molecule has 0 aliphatic heterocycles. The van der Waals surface area contributed by atoms with Gasteiger partial charge in [0.15, 0.2) is 0 Å². The van der Waals surface area contributed by atoms with E-state index in [0.29, 0.717) is 12.1 Å². The lowest BCUT2D eigenvalue weighted by molar-refractivity contribution is -0.384. The third-order valence-corrected chi connectivity index (χ3v) is 2.77. The standard InChI is InChI=1S/C13H12N2O4/c16-13(17)8-7-10-4-3-9-14(10)11-5-1-2-6-12(11)15(18)19/h1-6,9H,7-8H2,(H,16,17). The van der Waals surface area contributed by atoms with E-state index in [1.807, 2.05) is 0 Å². The van der Waals surface area contributed by atoms with Crippen molar-refractivity contribution in [1.29, 1.82) is 0 Å². The van der Waals surface area contributed by atoms with Crippen LogP contribution < -0.4 is 0 Å². The summed E-state index contributed by atoms with van der Waals surface area (Å²) in [6.45, 7) is 0. The van der Waals surface area contributed by atoms with Gasteiger partial charge in [-0.25, -0.2) is 0 Å². The summed E-state index contributed by atoms with van der Waals surface area (Å²) in [6.07, 6.45) is 2.01. The van der Waals surface area contributed by atoms with Gasteiger partial charge in [0.1, 0.15) is 5.69 Å². The number of nitro groups is 1. The van der Waals surface area contributed by atoms with E-state index in [-0.39, 0.29) is 12.1 Å². The lowest BCUT2D eigenvalue weighted by atomic mass is 10.2. The first kappa shape index (κ1) is 12.8. The molecule has 0 atom stereocenters. The van der Waals surface area contributed by atoms with Gasteiger partial charge in [-0.1, -0.05) is 12.1 Å². The molecule has 0 unspecified atom stereocenters. The Bertz CT molecular complexity index is 619. The van der Waals surface area contributed by atoms with E-state index in [2.05, 4.69) is 0 Å². The molecule has 0 amide bonds. The second-order valence-electron chi connectivity index (χ2n) is 4.01. The van der Waals surface area contributed by atoms with E-state index < -0.39 is 10.9 Å². The van der Waals surface area contributed by atoms with Crippen molar-refractivity contribution in [1.82, 2.24) is 4.57 Å². The lowest BCUT2D eigenvalue weighted by Crippen LogP contribution is -2.05. The van der Waals surface area contributed by atoms with Crippen LogP contribution in [0.1, 0.15) is 12.1 Å². The van der Waals surface area contributed by atoms with Crippen LogP contribution in [0.5, 0.6) is 0 Å². The molecule has 0 saturated carbocycles. The number of rotatable bonds is 5. The fraction of sp³-hybridized carbons (Fsp3) is 0.154. The maximum atomic E-state index is 11.0. The Morgan fingerprint density at radius 3 is 2.68 bits per heavy atom. The first-order valence-electron chi connectivity index (χ1n) is 5.71. The Morgan fingerprint density at radius 2 is 2.00 bits per heavy atom. The van der Waals surface area contributed by atoms with Gasteiger partial charge in [0.25, 0.3) is 5.69 Å². The molecule has 0 spiro atoms. The molecule has 2 aromatic rings. The van der Waals surface area contributed by atoms with Crippen molar-refractivity contribution >= 4 is 11.7 Å². The molecule has 98 valence electrons. The number of carboxylic acid groups (broad SMARTS) is 1. The van der Waals surface area contributed by atoms with Gasteiger partial charge in [-0.15, -0.1) is 0 Å². The molecule has 1 aromatic carbocycles. The van der Waals surface area contributed by atoms with Crippen LogP contribution in [0, 0.1) is 10.1 Å². The number of carbonyl (C=O) groups is 1. The normalized spacial score (nSPS) is 10.3. The highest BCUT2D eigenvalue weighted by Crippen LogP contribution is 2.24. The number of nitrogens with zero attached hydrogens (tertiary/aromatic N) is 2. The van der Waals surface area contributed by atoms with Crippen LogP contribution in [0.4, 0.5) is 5.69 Å². The maximum Gasteiger partial charge on any atom is 0.303 e. The molecule has 6 heteroatoms. The third kappa shape index (κ3) is 2.79. The largest absolute Gasteiger partial charge is 0.481 e. The highest BCUT2D eigenvalue weighted by Gasteiger charge is 2.15. The zero-order valence-electron chi connectivity index (χ0n) is 10.0. The van der Waals surface area contributed by atoms with Crippen molar-refractivity contribution in [2.75, 3.05) is 0 Å². The van der Waals surface area contributed by atoms with Crippen molar-refractivity contribution in [2.45, 2.75) is 12.8 Å². The number of carboxylic acids is 1. The van der Waals surface area contributed by atoms with Gasteiger partial charge < -0.3 is 9.67 Å². The molecule has 1 aromatic heterocycles. The average Bonchev–Trinajstić information content (AvgIpc) is 2.84. The van der Waals surface area contributed by atoms with Crippen LogP contribution >= 0.6 is 0 Å². The number of hydrogen-bond acceptors (Lipinski definition) is 3. The second-order valence-corrected chi connectivity index (χ2v) is 4.01. The molecule has 0 bridgehead atoms. The number of nitro benzene ring substituents is 1. The molecule has 6 nitrogen and oxygen atoms in total. The van der Waals surface area contributed by atoms with Crippen molar-refractivity contribution < 1.29 is 14.8 Å². The summed E-state index contributed by atoms with van der Waals surface area (Å²) >= 11 is 0. The monoisotopic (exact) mass is 260 g/mol. The van der Waals surface area contributed by atoms with Gasteiger partial charge >= 0.3 is 5.97 Å². The molecule has 0 saturated heterocycles. The molecule has 0 radical (unpaired) electrons. The predicted molar refractivity (Wildman–Crippen MR) is 68.4 cm³/mol. The highest BCUT2D eigenvalue weighted by atomic mass is 16.6. The van der Waals surface area contributed by atoms with Gasteiger partial charge in [0, 0.05) is 18.0 Å². The van der Waals surface area contributed by atoms with E-state index in [4.69, 9.17) is 5.11 Å². The van der Waals surface area contributed by atoms with Crippen molar-refractivity contribution in [3.63, 3.8) is 0 Å². The zero-order chi connectivity index (χ0) is 13.8. The fourth-order valence-corrected chi connectivity index (χ4v) is 1.91. The number of aryl methyl sites for hydroxylation is 1. The smallest absolute Gasteiger partial charge is 0.303 e. The molecule has 0 aliphatic rings. The average molecular weight is 260 g/mol. The molecule has 19 heavy (non-hydrogen) atoms. The summed E-state index contributed by atoms with van der Waals surface area (Å²) in [5, 5.41) is 19.7. The minimum absolute atomic E-state index is 0.00437. The van der Waals surface area contributed by atoms with Crippen LogP contribution in [-0.2, 0) is 11.2 Å². The molecule has 0 aliphatic carbocycles. The molecule has 1 N–H and O–H groups in total. The van der Waals surface area contributed by atoms with Crippen LogP contribution in [0.15, 0.2) is 42.6 Å². The van der Waals surface area contributed by atoms with Crippen molar-refractivity contribution in [3.05, 3.63) is 58.4 Å². The molecule has 2 rings (SSSR count). The molecular formula is C13H12N2O4. The Hall–Kier alpha value is -2.63. The van der Waals surface area contributed by atoms with Crippen LogP contribution in [0.3, 0.4) is 0 Å². The van der Waals surface area contributed by atoms with E-state index in [0.717, 1.165) is 5.69 Å². The van der Waals surface area contributed by atoms with Crippen LogP contribution in [-0.4, -0.2) is 20.6 Å². The molecule has 0 fully saturated rings. The van der Waals surface area contributed by atoms with Crippen LogP contribution in [0.25, 0.3) is 5.69 Å². The third-order valence-electron chi connectivity index (χ3n) is 2.77. The molecular weight excluding hydrogens is 248 g/mol. The number of aliphatic carboxylic acids is 1. The van der Waals surface area contributed by atoms with Gasteiger partial charge in [0.2, 0.25) is 0 Å². The summed E-state index contributed by atoms with van der Waals surface area (Å²) in [5.74, 6) is -0.893. The Morgan fingerprint density at radius 1 is 1.26 bits per heavy atom. The number of benzene rings is 1. The summed E-state index contributed by atoms with van der Waals surface area (Å²) in [7, 11) is 0. The second kappa shape index (κ2) is 5.34. The summed E-state index contributed by atoms with van der Waals surface area (Å²) in [4.78, 5) is 21.1. The minimum Gasteiger partial charge on any atom is -0.481 e. The quantitative estimate of drug-likeness (QED) is 0.660. The van der Waals surface area contributed by atoms with E-state index >= 15 is 0 Å². The first-order valence-corrected chi connectivity index (χ1v) is 5.71. The minimum atomic E-state index is -0.893. The van der Waals surface area contributed by atoms with Gasteiger partial charge in [0.05, 0.1) is 11.3 Å². The maximum absolute atomic E-state index is 11.0. The van der Waals surface area contributed by atoms with E-state index in [1.165, 1.54) is 6.07 Å². The molecule has 1 heterocycles. The number of hydrogen-bond donors (Lipinski definition) is 1. The SMILES string of the molecule is O=C(O)CCc1cccn1-c1ccccc1[N+](=O)[O-]. The predicted octanol–water partition coefficient (Wildman–Crippen LogP) is 2.40. The Balaban J connectivity index is 2.40. The fourth-order valence-electron chi connectivity index (χ4n) is 1.91. The van der Waals surface area contributed by atoms with Crippen molar-refractivity contribution in [3.8, 4) is 5.69 Å². The number of para-hydroxylation sites is 2. The van der Waals surface area contributed by atoms with E-state index in [9.17, 15) is 14.9 Å². The van der Waals surface area contributed by atoms with Gasteiger partial charge in [-0.2, -0.15) is 0 Å². The highest BCUT2D eigenvalue weighted by molar-refractivity contribution is 5.67. The van der Waals surface area contributed by atoms with Crippen molar-refractivity contribution in [2.24, 2.45) is 0 Å². The first-order chi connectivity index (χ1) is 9.09. The van der Waals surface area contributed by atoms with Crippen LogP contribution in [0.2, 0.25) is 0 Å². The summed E-state index contributed by atoms with van der Waals surface area (Å²) in [6, 6.07) is 9.89. The van der Waals surface area contributed by atoms with Gasteiger partial charge in [-0.05, 0) is 24.6 Å². The summed E-state index contributed by atoms with van der Waals surface area (Å²) in [5.41, 5.74) is 1.17. The Labute approximate surface area is 109 Å². The lowest BCUT2D eigenvalue weighted by Gasteiger charge is -2.08. The van der Waals surface area contributed by atoms with Gasteiger partial charge in [-0.3, -0.25) is 14.9 Å². The zero-order valence-corrected chi connectivity index (χ0v) is 10.0. The topological polar surface area (TPSA) is 85.4 Å².